The van der Waals surface area contributed by atoms with Gasteiger partial charge in [-0.15, -0.1) is 0 Å². The quantitative estimate of drug-likeness (QED) is 0.561. The summed E-state index contributed by atoms with van der Waals surface area (Å²) < 4.78 is 18.4. The van der Waals surface area contributed by atoms with Gasteiger partial charge < -0.3 is 9.72 Å². The second-order valence-electron chi connectivity index (χ2n) is 7.67. The molecule has 1 aliphatic rings. The Balaban J connectivity index is 1.50. The molecule has 2 heterocycles. The Kier molecular flexibility index (Phi) is 5.86. The van der Waals surface area contributed by atoms with Gasteiger partial charge in [0.05, 0.1) is 0 Å². The molecule has 0 bridgehead atoms. The van der Waals surface area contributed by atoms with Gasteiger partial charge in [-0.2, -0.15) is 0 Å². The van der Waals surface area contributed by atoms with Crippen LogP contribution in [0.15, 0.2) is 54.7 Å². The molecule has 1 aromatic heterocycles. The maximum atomic E-state index is 13.3. The lowest BCUT2D eigenvalue weighted by molar-refractivity contribution is 0.215. The van der Waals surface area contributed by atoms with Crippen LogP contribution in [-0.4, -0.2) is 35.1 Å². The minimum absolute atomic E-state index is 0.161. The summed E-state index contributed by atoms with van der Waals surface area (Å²) in [5.41, 5.74) is 4.12. The zero-order valence-electron chi connectivity index (χ0n) is 17.2. The maximum absolute atomic E-state index is 13.3. The normalized spacial score (nSPS) is 15.6. The van der Waals surface area contributed by atoms with Crippen molar-refractivity contribution in [1.82, 2.24) is 9.88 Å². The Morgan fingerprint density at radius 3 is 2.90 bits per heavy atom. The number of aromatic nitrogens is 1. The molecular formula is C24H26FN3O2. The predicted octanol–water partition coefficient (Wildman–Crippen LogP) is 5.81. The summed E-state index contributed by atoms with van der Waals surface area (Å²) in [6.45, 7) is 6.49. The van der Waals surface area contributed by atoms with Crippen molar-refractivity contribution in [2.75, 3.05) is 18.4 Å². The van der Waals surface area contributed by atoms with Gasteiger partial charge >= 0.3 is 6.09 Å². The van der Waals surface area contributed by atoms with Crippen molar-refractivity contribution in [2.45, 2.75) is 32.7 Å². The van der Waals surface area contributed by atoms with Crippen LogP contribution in [0.25, 0.3) is 16.5 Å². The fourth-order valence-electron chi connectivity index (χ4n) is 3.83. The number of carbonyl (C=O) groups excluding carboxylic acids is 1. The summed E-state index contributed by atoms with van der Waals surface area (Å²) in [6, 6.07) is 11.8. The molecule has 0 saturated carbocycles. The Bertz CT molecular complexity index is 1090. The summed E-state index contributed by atoms with van der Waals surface area (Å²) in [6.07, 6.45) is 5.83. The maximum Gasteiger partial charge on any atom is 0.417 e. The molecule has 0 spiro atoms. The van der Waals surface area contributed by atoms with E-state index in [1.807, 2.05) is 24.4 Å². The van der Waals surface area contributed by atoms with Crippen molar-refractivity contribution in [2.24, 2.45) is 0 Å². The molecule has 0 radical (unpaired) electrons. The van der Waals surface area contributed by atoms with Gasteiger partial charge in [0.2, 0.25) is 0 Å². The first kappa shape index (κ1) is 20.2. The monoisotopic (exact) mass is 407 g/mol. The highest BCUT2D eigenvalue weighted by Gasteiger charge is 2.19. The van der Waals surface area contributed by atoms with E-state index in [-0.39, 0.29) is 5.75 Å². The summed E-state index contributed by atoms with van der Waals surface area (Å²) >= 11 is 0. The van der Waals surface area contributed by atoms with E-state index in [4.69, 9.17) is 4.74 Å². The molecule has 1 aliphatic heterocycles. The average molecular weight is 407 g/mol. The van der Waals surface area contributed by atoms with Gasteiger partial charge in [-0.05, 0) is 55.7 Å². The highest BCUT2D eigenvalue weighted by Crippen LogP contribution is 2.31. The van der Waals surface area contributed by atoms with Crippen LogP contribution in [0, 0.1) is 5.82 Å². The molecule has 3 aromatic rings. The second-order valence-corrected chi connectivity index (χ2v) is 7.67. The third-order valence-electron chi connectivity index (χ3n) is 5.74. The van der Waals surface area contributed by atoms with E-state index in [1.165, 1.54) is 29.8 Å². The lowest BCUT2D eigenvalue weighted by atomic mass is 9.98. The van der Waals surface area contributed by atoms with Gasteiger partial charge in [0.25, 0.3) is 0 Å². The van der Waals surface area contributed by atoms with Crippen molar-refractivity contribution in [3.8, 4) is 5.75 Å². The highest BCUT2D eigenvalue weighted by molar-refractivity contribution is 5.97. The number of halogens is 1. The molecule has 5 nitrogen and oxygen atoms in total. The third-order valence-corrected chi connectivity index (χ3v) is 5.74. The summed E-state index contributed by atoms with van der Waals surface area (Å²) in [5.74, 6) is -0.291. The number of hydrogen-bond acceptors (Lipinski definition) is 3. The molecule has 156 valence electrons. The zero-order chi connectivity index (χ0) is 21.1. The Morgan fingerprint density at radius 1 is 1.30 bits per heavy atom. The number of ether oxygens (including phenoxy) is 1. The van der Waals surface area contributed by atoms with Gasteiger partial charge in [-0.25, -0.2) is 9.18 Å². The first-order valence-corrected chi connectivity index (χ1v) is 10.3. The van der Waals surface area contributed by atoms with Gasteiger partial charge in [0, 0.05) is 53.5 Å². The van der Waals surface area contributed by atoms with E-state index in [2.05, 4.69) is 35.1 Å². The molecule has 4 rings (SSSR count). The van der Waals surface area contributed by atoms with Crippen LogP contribution >= 0.6 is 0 Å². The minimum atomic E-state index is -0.655. The van der Waals surface area contributed by atoms with Crippen LogP contribution < -0.4 is 10.1 Å². The molecule has 2 N–H and O–H groups in total. The fourth-order valence-corrected chi connectivity index (χ4v) is 3.83. The van der Waals surface area contributed by atoms with Gasteiger partial charge in [0.1, 0.15) is 11.6 Å². The van der Waals surface area contributed by atoms with Gasteiger partial charge in [-0.3, -0.25) is 10.2 Å². The number of amides is 1. The lowest BCUT2D eigenvalue weighted by Gasteiger charge is -2.31. The van der Waals surface area contributed by atoms with Crippen LogP contribution in [0.1, 0.15) is 32.3 Å². The first-order chi connectivity index (χ1) is 14.5. The number of benzene rings is 2. The highest BCUT2D eigenvalue weighted by atomic mass is 19.1. The van der Waals surface area contributed by atoms with E-state index in [9.17, 15) is 9.18 Å². The standard InChI is InChI=1S/C24H26FN3O2/c1-3-16(2)28-11-9-17(10-12-28)22-15-26-23-8-7-19(14-21(22)23)27-24(29)30-20-6-4-5-18(25)13-20/h4-9,13-16,26H,3,10-12H2,1-2H3,(H,27,29). The van der Waals surface area contributed by atoms with Crippen LogP contribution in [-0.2, 0) is 0 Å². The number of aromatic amines is 1. The van der Waals surface area contributed by atoms with Crippen molar-refractivity contribution >= 4 is 28.3 Å². The lowest BCUT2D eigenvalue weighted by Crippen LogP contribution is -2.35. The van der Waals surface area contributed by atoms with E-state index < -0.39 is 11.9 Å². The molecule has 6 heteroatoms. The number of hydrogen-bond donors (Lipinski definition) is 2. The van der Waals surface area contributed by atoms with E-state index in [1.54, 1.807) is 0 Å². The molecule has 2 aromatic carbocycles. The molecular weight excluding hydrogens is 381 g/mol. The van der Waals surface area contributed by atoms with Gasteiger partial charge in [0.15, 0.2) is 0 Å². The van der Waals surface area contributed by atoms with Crippen LogP contribution in [0.4, 0.5) is 14.9 Å². The van der Waals surface area contributed by atoms with Crippen molar-refractivity contribution in [3.63, 3.8) is 0 Å². The zero-order valence-corrected chi connectivity index (χ0v) is 17.2. The molecule has 30 heavy (non-hydrogen) atoms. The number of nitrogens with zero attached hydrogens (tertiary/aromatic N) is 1. The Morgan fingerprint density at radius 2 is 2.17 bits per heavy atom. The molecule has 1 unspecified atom stereocenters. The van der Waals surface area contributed by atoms with Crippen LogP contribution in [0.3, 0.4) is 0 Å². The van der Waals surface area contributed by atoms with Crippen molar-refractivity contribution < 1.29 is 13.9 Å². The molecule has 0 fully saturated rings. The smallest absolute Gasteiger partial charge is 0.410 e. The number of fused-ring (bicyclic) bond motifs is 1. The third kappa shape index (κ3) is 4.39. The molecule has 0 aliphatic carbocycles. The van der Waals surface area contributed by atoms with Gasteiger partial charge in [-0.1, -0.05) is 19.1 Å². The Labute approximate surface area is 175 Å². The SMILES string of the molecule is CCC(C)N1CC=C(c2c[nH]c3ccc(NC(=O)Oc4cccc(F)c4)cc23)CC1. The first-order valence-electron chi connectivity index (χ1n) is 10.3. The number of anilines is 1. The fraction of sp³-hybridized carbons (Fsp3) is 0.292. The van der Waals surface area contributed by atoms with Crippen LogP contribution in [0.2, 0.25) is 0 Å². The van der Waals surface area contributed by atoms with Crippen molar-refractivity contribution in [1.29, 1.82) is 0 Å². The predicted molar refractivity (Wildman–Crippen MR) is 118 cm³/mol. The number of carbonyl (C=O) groups is 1. The van der Waals surface area contributed by atoms with Crippen LogP contribution in [0.5, 0.6) is 5.75 Å². The summed E-state index contributed by atoms with van der Waals surface area (Å²) in [4.78, 5) is 18.0. The molecule has 1 atom stereocenters. The summed E-state index contributed by atoms with van der Waals surface area (Å²) in [7, 11) is 0. The van der Waals surface area contributed by atoms with E-state index in [0.717, 1.165) is 42.4 Å². The molecule has 0 saturated heterocycles. The number of nitrogens with one attached hydrogen (secondary N) is 2. The Hall–Kier alpha value is -3.12. The number of H-pyrrole nitrogens is 1. The minimum Gasteiger partial charge on any atom is -0.410 e. The van der Waals surface area contributed by atoms with E-state index in [0.29, 0.717) is 11.7 Å². The van der Waals surface area contributed by atoms with Crippen molar-refractivity contribution in [3.05, 3.63) is 66.1 Å². The average Bonchev–Trinajstić information content (AvgIpc) is 3.16. The second kappa shape index (κ2) is 8.71. The number of rotatable bonds is 5. The largest absolute Gasteiger partial charge is 0.417 e. The topological polar surface area (TPSA) is 57.4 Å². The summed E-state index contributed by atoms with van der Waals surface area (Å²) in [5, 5.41) is 3.78. The van der Waals surface area contributed by atoms with E-state index >= 15 is 0 Å². The molecule has 1 amide bonds.